The van der Waals surface area contributed by atoms with Crippen LogP contribution in [-0.2, 0) is 0 Å². The van der Waals surface area contributed by atoms with Gasteiger partial charge in [-0.2, -0.15) is 0 Å². The van der Waals surface area contributed by atoms with Gasteiger partial charge in [-0.1, -0.05) is 6.07 Å². The second-order valence-corrected chi connectivity index (χ2v) is 7.39. The summed E-state index contributed by atoms with van der Waals surface area (Å²) in [5.74, 6) is 0.292. The summed E-state index contributed by atoms with van der Waals surface area (Å²) in [6, 6.07) is 5.85. The van der Waals surface area contributed by atoms with Crippen molar-refractivity contribution in [2.45, 2.75) is 32.7 Å². The van der Waals surface area contributed by atoms with Crippen molar-refractivity contribution in [2.75, 3.05) is 46.3 Å². The van der Waals surface area contributed by atoms with Crippen LogP contribution in [0.2, 0.25) is 0 Å². The molecule has 0 saturated carbocycles. The van der Waals surface area contributed by atoms with Gasteiger partial charge in [-0.3, -0.25) is 9.69 Å². The van der Waals surface area contributed by atoms with Crippen LogP contribution in [-0.4, -0.2) is 72.9 Å². The molecule has 2 aliphatic heterocycles. The summed E-state index contributed by atoms with van der Waals surface area (Å²) in [5.41, 5.74) is 1.54. The van der Waals surface area contributed by atoms with Crippen LogP contribution in [0.25, 0.3) is 0 Å². The molecule has 6 nitrogen and oxygen atoms in total. The van der Waals surface area contributed by atoms with Gasteiger partial charge >= 0.3 is 6.09 Å². The summed E-state index contributed by atoms with van der Waals surface area (Å²) < 4.78 is 5.63. The highest BCUT2D eigenvalue weighted by molar-refractivity contribution is 5.97. The SMILES string of the molecule is CC(=O)c1ccc(C(C)N2CCN(C)CC2)cc1OC(=O)N1CCCC1. The zero-order valence-corrected chi connectivity index (χ0v) is 16.0. The standard InChI is InChI=1S/C20H29N3O3/c1-15(22-12-10-21(3)11-13-22)17-6-7-18(16(2)24)19(14-17)26-20(25)23-8-4-5-9-23/h6-7,14-15H,4-5,8-13H2,1-3H3. The van der Waals surface area contributed by atoms with Crippen molar-refractivity contribution < 1.29 is 14.3 Å². The molecule has 2 heterocycles. The van der Waals surface area contributed by atoms with Gasteiger partial charge in [0.05, 0.1) is 5.56 Å². The number of ketones is 1. The minimum absolute atomic E-state index is 0.0898. The Hall–Kier alpha value is -1.92. The highest BCUT2D eigenvalue weighted by atomic mass is 16.6. The molecular formula is C20H29N3O3. The Morgan fingerprint density at radius 2 is 1.69 bits per heavy atom. The van der Waals surface area contributed by atoms with E-state index < -0.39 is 0 Å². The molecule has 2 saturated heterocycles. The third kappa shape index (κ3) is 4.24. The van der Waals surface area contributed by atoms with E-state index in [9.17, 15) is 9.59 Å². The Morgan fingerprint density at radius 1 is 1.04 bits per heavy atom. The molecule has 1 unspecified atom stereocenters. The molecule has 142 valence electrons. The van der Waals surface area contributed by atoms with E-state index in [-0.39, 0.29) is 17.9 Å². The van der Waals surface area contributed by atoms with Crippen LogP contribution in [0.15, 0.2) is 18.2 Å². The number of piperazine rings is 1. The Bertz CT molecular complexity index is 662. The normalized spacial score (nSPS) is 20.2. The largest absolute Gasteiger partial charge is 0.415 e. The Labute approximate surface area is 155 Å². The molecule has 0 aliphatic carbocycles. The van der Waals surface area contributed by atoms with Gasteiger partial charge in [0.15, 0.2) is 5.78 Å². The van der Waals surface area contributed by atoms with Crippen LogP contribution in [0.3, 0.4) is 0 Å². The first-order chi connectivity index (χ1) is 12.5. The van der Waals surface area contributed by atoms with Crippen molar-refractivity contribution in [3.05, 3.63) is 29.3 Å². The zero-order chi connectivity index (χ0) is 18.7. The van der Waals surface area contributed by atoms with Crippen molar-refractivity contribution >= 4 is 11.9 Å². The van der Waals surface area contributed by atoms with Crippen molar-refractivity contribution in [2.24, 2.45) is 0 Å². The molecule has 0 bridgehead atoms. The van der Waals surface area contributed by atoms with E-state index in [2.05, 4.69) is 23.8 Å². The van der Waals surface area contributed by atoms with E-state index in [1.165, 1.54) is 6.92 Å². The summed E-state index contributed by atoms with van der Waals surface area (Å²) >= 11 is 0. The van der Waals surface area contributed by atoms with Crippen LogP contribution < -0.4 is 4.74 Å². The predicted molar refractivity (Wildman–Crippen MR) is 101 cm³/mol. The maximum Gasteiger partial charge on any atom is 0.415 e. The van der Waals surface area contributed by atoms with E-state index >= 15 is 0 Å². The van der Waals surface area contributed by atoms with Gasteiger partial charge in [-0.05, 0) is 51.4 Å². The van der Waals surface area contributed by atoms with Crippen LogP contribution >= 0.6 is 0 Å². The van der Waals surface area contributed by atoms with Crippen LogP contribution in [0.4, 0.5) is 4.79 Å². The maximum atomic E-state index is 12.4. The van der Waals surface area contributed by atoms with E-state index in [0.717, 1.165) is 57.7 Å². The van der Waals surface area contributed by atoms with Gasteiger partial charge in [0, 0.05) is 45.3 Å². The molecular weight excluding hydrogens is 330 g/mol. The molecule has 1 aromatic carbocycles. The van der Waals surface area contributed by atoms with Gasteiger partial charge in [0.25, 0.3) is 0 Å². The molecule has 1 atom stereocenters. The number of amides is 1. The van der Waals surface area contributed by atoms with Gasteiger partial charge < -0.3 is 14.5 Å². The summed E-state index contributed by atoms with van der Waals surface area (Å²) in [5, 5.41) is 0. The van der Waals surface area contributed by atoms with Gasteiger partial charge in [-0.25, -0.2) is 4.79 Å². The molecule has 6 heteroatoms. The van der Waals surface area contributed by atoms with E-state index in [1.54, 1.807) is 11.0 Å². The van der Waals surface area contributed by atoms with E-state index in [1.807, 2.05) is 12.1 Å². The first kappa shape index (κ1) is 18.9. The molecule has 26 heavy (non-hydrogen) atoms. The summed E-state index contributed by atoms with van der Waals surface area (Å²) in [4.78, 5) is 30.8. The average Bonchev–Trinajstić information content (AvgIpc) is 3.16. The fourth-order valence-electron chi connectivity index (χ4n) is 3.65. The number of likely N-dealkylation sites (tertiary alicyclic amines) is 1. The second-order valence-electron chi connectivity index (χ2n) is 7.39. The number of benzene rings is 1. The first-order valence-electron chi connectivity index (χ1n) is 9.50. The number of hydrogen-bond donors (Lipinski definition) is 0. The summed E-state index contributed by atoms with van der Waals surface area (Å²) in [6.07, 6.45) is 1.67. The third-order valence-corrected chi connectivity index (χ3v) is 5.51. The number of hydrogen-bond acceptors (Lipinski definition) is 5. The molecule has 1 amide bonds. The lowest BCUT2D eigenvalue weighted by Crippen LogP contribution is -2.45. The quantitative estimate of drug-likeness (QED) is 0.774. The molecule has 2 fully saturated rings. The van der Waals surface area contributed by atoms with Crippen molar-refractivity contribution in [1.29, 1.82) is 0 Å². The number of rotatable bonds is 4. The molecule has 0 radical (unpaired) electrons. The van der Waals surface area contributed by atoms with E-state index in [0.29, 0.717) is 11.3 Å². The minimum Gasteiger partial charge on any atom is -0.409 e. The Morgan fingerprint density at radius 3 is 2.31 bits per heavy atom. The average molecular weight is 359 g/mol. The first-order valence-corrected chi connectivity index (χ1v) is 9.50. The van der Waals surface area contributed by atoms with Crippen molar-refractivity contribution in [3.8, 4) is 5.75 Å². The third-order valence-electron chi connectivity index (χ3n) is 5.51. The highest BCUT2D eigenvalue weighted by Crippen LogP contribution is 2.29. The lowest BCUT2D eigenvalue weighted by molar-refractivity contribution is 0.101. The predicted octanol–water partition coefficient (Wildman–Crippen LogP) is 2.79. The maximum absolute atomic E-state index is 12.4. The lowest BCUT2D eigenvalue weighted by atomic mass is 10.0. The molecule has 3 rings (SSSR count). The highest BCUT2D eigenvalue weighted by Gasteiger charge is 2.24. The molecule has 1 aromatic rings. The van der Waals surface area contributed by atoms with Crippen LogP contribution in [0.5, 0.6) is 5.75 Å². The summed E-state index contributed by atoms with van der Waals surface area (Å²) in [7, 11) is 2.14. The monoisotopic (exact) mass is 359 g/mol. The van der Waals surface area contributed by atoms with Crippen LogP contribution in [0.1, 0.15) is 48.7 Å². The molecule has 0 aromatic heterocycles. The van der Waals surface area contributed by atoms with Crippen molar-refractivity contribution in [1.82, 2.24) is 14.7 Å². The number of ether oxygens (including phenoxy) is 1. The number of carbonyl (C=O) groups excluding carboxylic acids is 2. The van der Waals surface area contributed by atoms with Gasteiger partial charge in [0.1, 0.15) is 5.75 Å². The van der Waals surface area contributed by atoms with Gasteiger partial charge in [0.2, 0.25) is 0 Å². The number of nitrogens with zero attached hydrogens (tertiary/aromatic N) is 3. The fourth-order valence-corrected chi connectivity index (χ4v) is 3.65. The number of likely N-dealkylation sites (N-methyl/N-ethyl adjacent to an activating group) is 1. The van der Waals surface area contributed by atoms with Gasteiger partial charge in [-0.15, -0.1) is 0 Å². The summed E-state index contributed by atoms with van der Waals surface area (Å²) in [6.45, 7) is 9.24. The zero-order valence-electron chi connectivity index (χ0n) is 16.0. The number of carbonyl (C=O) groups is 2. The molecule has 2 aliphatic rings. The number of Topliss-reactive ketones (excluding diaryl/α,β-unsaturated/α-hetero) is 1. The molecule has 0 spiro atoms. The van der Waals surface area contributed by atoms with Crippen LogP contribution in [0, 0.1) is 0 Å². The van der Waals surface area contributed by atoms with E-state index in [4.69, 9.17) is 4.74 Å². The van der Waals surface area contributed by atoms with Crippen molar-refractivity contribution in [3.63, 3.8) is 0 Å². The molecule has 0 N–H and O–H groups in total. The topological polar surface area (TPSA) is 53.1 Å². The Kier molecular flexibility index (Phi) is 5.94. The second kappa shape index (κ2) is 8.18. The Balaban J connectivity index is 1.79. The minimum atomic E-state index is -0.352. The lowest BCUT2D eigenvalue weighted by Gasteiger charge is -2.36. The smallest absolute Gasteiger partial charge is 0.409 e. The fraction of sp³-hybridized carbons (Fsp3) is 0.600.